The number of rotatable bonds is 4. The van der Waals surface area contributed by atoms with E-state index in [2.05, 4.69) is 89.0 Å². The Labute approximate surface area is 292 Å². The van der Waals surface area contributed by atoms with Gasteiger partial charge in [0.25, 0.3) is 0 Å². The van der Waals surface area contributed by atoms with Gasteiger partial charge in [-0.15, -0.1) is 0 Å². The molecule has 252 valence electrons. The van der Waals surface area contributed by atoms with Crippen LogP contribution < -0.4 is 4.90 Å². The average Bonchev–Trinajstić information content (AvgIpc) is 3.96. The van der Waals surface area contributed by atoms with Crippen LogP contribution in [-0.4, -0.2) is 21.6 Å². The largest absolute Gasteiger partial charge is 0.359 e. The molecular weight excluding hydrogens is 595 g/mol. The summed E-state index contributed by atoms with van der Waals surface area (Å²) in [6, 6.07) is 11.1. The number of nitrogens with zero attached hydrogens (tertiary/aromatic N) is 2. The fourth-order valence-electron chi connectivity index (χ4n) is 12.8. The van der Waals surface area contributed by atoms with Crippen molar-refractivity contribution in [3.8, 4) is 5.69 Å². The summed E-state index contributed by atoms with van der Waals surface area (Å²) in [4.78, 5) is 7.04. The Bertz CT molecular complexity index is 2100. The second-order valence-electron chi connectivity index (χ2n) is 17.7. The smallest absolute Gasteiger partial charge is 0.0738 e. The number of anilines is 1. The van der Waals surface area contributed by atoms with Crippen LogP contribution >= 0.6 is 0 Å². The Balaban J connectivity index is 1.28. The molecule has 0 spiro atoms. The third-order valence-corrected chi connectivity index (χ3v) is 15.0. The van der Waals surface area contributed by atoms with Gasteiger partial charge >= 0.3 is 0 Å². The van der Waals surface area contributed by atoms with Gasteiger partial charge in [-0.1, -0.05) is 94.5 Å². The number of aryl methyl sites for hydroxylation is 3. The minimum Gasteiger partial charge on any atom is -0.359 e. The van der Waals surface area contributed by atoms with Gasteiger partial charge in [-0.3, -0.25) is 0 Å². The molecule has 2 aromatic carbocycles. The molecule has 3 fully saturated rings. The van der Waals surface area contributed by atoms with Gasteiger partial charge in [-0.25, -0.2) is 0 Å². The van der Waals surface area contributed by atoms with E-state index in [-0.39, 0.29) is 5.41 Å². The highest BCUT2D eigenvalue weighted by Crippen LogP contribution is 2.56. The van der Waals surface area contributed by atoms with E-state index in [1.807, 2.05) is 0 Å². The standard InChI is InChI=1S/C46H53N3/c1-45(24-8-9-25-45)33-18-13-23-39-41(33)32-17-12-22-38(32)49(39)44-40(48-36-20-5-4-14-29(36)30-15-11-21-37(30)48)28-35-42(31-16-10-19-34(31)47-35)43(44)46(2)26-6-3-7-27-46/h4-5,11,13-15,18,20,23,28-30,36-37,47H,3,6-10,12,16-17,19,21-22,24-27H2,1-2H3/t29-,30+,36+,37?/m0/s1. The monoisotopic (exact) mass is 647 g/mol. The number of H-pyrrole nitrogens is 1. The zero-order valence-corrected chi connectivity index (χ0v) is 29.8. The Kier molecular flexibility index (Phi) is 6.29. The zero-order valence-electron chi connectivity index (χ0n) is 29.8. The first-order valence-corrected chi connectivity index (χ1v) is 20.2. The van der Waals surface area contributed by atoms with E-state index in [1.54, 1.807) is 44.4 Å². The van der Waals surface area contributed by atoms with Crippen molar-refractivity contribution in [3.05, 3.63) is 94.4 Å². The molecular formula is C46H53N3. The topological polar surface area (TPSA) is 24.0 Å². The lowest BCUT2D eigenvalue weighted by molar-refractivity contribution is 0.321. The maximum atomic E-state index is 4.10. The maximum Gasteiger partial charge on any atom is 0.0738 e. The van der Waals surface area contributed by atoms with Crippen LogP contribution in [0.1, 0.15) is 125 Å². The molecule has 1 aliphatic heterocycles. The molecule has 0 amide bonds. The van der Waals surface area contributed by atoms with Crippen molar-refractivity contribution in [2.45, 2.75) is 139 Å². The molecule has 0 radical (unpaired) electrons. The minimum absolute atomic E-state index is 0.159. The fraction of sp³-hybridized carbons (Fsp3) is 0.522. The van der Waals surface area contributed by atoms with Crippen LogP contribution in [0, 0.1) is 11.8 Å². The van der Waals surface area contributed by atoms with Crippen molar-refractivity contribution in [2.75, 3.05) is 4.90 Å². The van der Waals surface area contributed by atoms with Gasteiger partial charge in [-0.2, -0.15) is 0 Å². The number of aromatic amines is 1. The van der Waals surface area contributed by atoms with Crippen LogP contribution in [0.4, 0.5) is 5.69 Å². The van der Waals surface area contributed by atoms with Gasteiger partial charge in [0, 0.05) is 45.6 Å². The lowest BCUT2D eigenvalue weighted by atomic mass is 9.68. The summed E-state index contributed by atoms with van der Waals surface area (Å²) >= 11 is 0. The van der Waals surface area contributed by atoms with Crippen molar-refractivity contribution in [1.82, 2.24) is 9.55 Å². The molecule has 3 nitrogen and oxygen atoms in total. The van der Waals surface area contributed by atoms with Crippen molar-refractivity contribution in [3.63, 3.8) is 0 Å². The van der Waals surface area contributed by atoms with E-state index in [0.717, 1.165) is 6.42 Å². The summed E-state index contributed by atoms with van der Waals surface area (Å²) in [5.74, 6) is 1.12. The Morgan fingerprint density at radius 3 is 2.39 bits per heavy atom. The fourth-order valence-corrected chi connectivity index (χ4v) is 12.8. The Morgan fingerprint density at radius 2 is 1.51 bits per heavy atom. The van der Waals surface area contributed by atoms with Crippen LogP contribution in [0.15, 0.2) is 60.7 Å². The molecule has 1 N–H and O–H groups in total. The third-order valence-electron chi connectivity index (χ3n) is 15.0. The molecule has 4 aromatic rings. The molecule has 7 aliphatic rings. The number of nitrogens with one attached hydrogen (secondary N) is 1. The molecule has 1 unspecified atom stereocenters. The van der Waals surface area contributed by atoms with E-state index in [0.29, 0.717) is 29.3 Å². The molecule has 0 bridgehead atoms. The number of benzene rings is 2. The lowest BCUT2D eigenvalue weighted by Crippen LogP contribution is -2.38. The van der Waals surface area contributed by atoms with E-state index < -0.39 is 0 Å². The van der Waals surface area contributed by atoms with Crippen LogP contribution in [0.3, 0.4) is 0 Å². The quantitative estimate of drug-likeness (QED) is 0.219. The van der Waals surface area contributed by atoms with Crippen LogP contribution in [0.5, 0.6) is 0 Å². The average molecular weight is 648 g/mol. The van der Waals surface area contributed by atoms with Crippen molar-refractivity contribution < 1.29 is 0 Å². The molecule has 4 atom stereocenters. The minimum atomic E-state index is 0.159. The number of hydrogen-bond donors (Lipinski definition) is 1. The number of aromatic nitrogens is 2. The summed E-state index contributed by atoms with van der Waals surface area (Å²) < 4.78 is 2.92. The normalized spacial score (nSPS) is 29.0. The van der Waals surface area contributed by atoms with Crippen molar-refractivity contribution in [2.24, 2.45) is 11.8 Å². The highest BCUT2D eigenvalue weighted by molar-refractivity contribution is 6.00. The summed E-state index contributed by atoms with van der Waals surface area (Å²) in [7, 11) is 0. The van der Waals surface area contributed by atoms with E-state index >= 15 is 0 Å². The summed E-state index contributed by atoms with van der Waals surface area (Å²) in [6.07, 6.45) is 35.4. The van der Waals surface area contributed by atoms with Gasteiger partial charge in [0.1, 0.15) is 0 Å². The zero-order chi connectivity index (χ0) is 32.5. The number of hydrogen-bond acceptors (Lipinski definition) is 1. The molecule has 2 aromatic heterocycles. The van der Waals surface area contributed by atoms with Crippen molar-refractivity contribution in [1.29, 1.82) is 0 Å². The van der Waals surface area contributed by atoms with Gasteiger partial charge < -0.3 is 14.5 Å². The molecule has 2 saturated carbocycles. The summed E-state index contributed by atoms with van der Waals surface area (Å²) in [6.45, 7) is 5.26. The molecule has 3 heterocycles. The highest BCUT2D eigenvalue weighted by atomic mass is 15.3. The first-order valence-electron chi connectivity index (χ1n) is 20.2. The third kappa shape index (κ3) is 3.97. The van der Waals surface area contributed by atoms with E-state index in [4.69, 9.17) is 0 Å². The van der Waals surface area contributed by atoms with Crippen LogP contribution in [-0.2, 0) is 36.5 Å². The summed E-state index contributed by atoms with van der Waals surface area (Å²) in [5, 5.41) is 3.24. The molecule has 3 heteroatoms. The van der Waals surface area contributed by atoms with Gasteiger partial charge in [-0.05, 0) is 116 Å². The second-order valence-corrected chi connectivity index (χ2v) is 17.7. The van der Waals surface area contributed by atoms with Gasteiger partial charge in [0.2, 0.25) is 0 Å². The highest BCUT2D eigenvalue weighted by Gasteiger charge is 2.50. The first kappa shape index (κ1) is 29.3. The Hall–Kier alpha value is -3.46. The van der Waals surface area contributed by atoms with Crippen LogP contribution in [0.2, 0.25) is 0 Å². The van der Waals surface area contributed by atoms with Gasteiger partial charge in [0.05, 0.1) is 22.9 Å². The van der Waals surface area contributed by atoms with E-state index in [9.17, 15) is 0 Å². The van der Waals surface area contributed by atoms with Gasteiger partial charge in [0.15, 0.2) is 0 Å². The molecule has 49 heavy (non-hydrogen) atoms. The van der Waals surface area contributed by atoms with Crippen molar-refractivity contribution >= 4 is 27.5 Å². The molecule has 6 aliphatic carbocycles. The van der Waals surface area contributed by atoms with E-state index in [1.165, 1.54) is 119 Å². The molecule has 11 rings (SSSR count). The predicted molar refractivity (Wildman–Crippen MR) is 205 cm³/mol. The maximum absolute atomic E-state index is 4.10. The molecule has 1 saturated heterocycles. The number of allylic oxidation sites excluding steroid dienone is 2. The number of fused-ring (bicyclic) bond motifs is 9. The Morgan fingerprint density at radius 1 is 0.735 bits per heavy atom. The lowest BCUT2D eigenvalue weighted by Gasteiger charge is -2.40. The van der Waals surface area contributed by atoms with Crippen LogP contribution in [0.25, 0.3) is 27.5 Å². The summed E-state index contributed by atoms with van der Waals surface area (Å²) in [5.41, 5.74) is 16.3. The predicted octanol–water partition coefficient (Wildman–Crippen LogP) is 11.0. The first-order chi connectivity index (χ1) is 24.0. The SMILES string of the molecule is CC1(c2c(-n3c4c(c5c(C6(C)CCCC6)cccc53)CCC4)c(N3C4CC=C[C@@H]4[C@@H]4C=CC=C[C@H]43)cc3[nH]c4c(c23)CCC4)CCCCC1. The second kappa shape index (κ2) is 10.5.